The molecule has 2 atom stereocenters. The Morgan fingerprint density at radius 2 is 0.897 bits per heavy atom. The van der Waals surface area contributed by atoms with Crippen LogP contribution in [0.1, 0.15) is 70.4 Å². The maximum Gasteiger partial charge on any atom is 0.408 e. The molecule has 0 aliphatic carbocycles. The molecule has 0 aliphatic rings. The van der Waals surface area contributed by atoms with Gasteiger partial charge in [-0.05, 0) is 67.9 Å². The Bertz CT molecular complexity index is 1720. The fraction of sp³-hybridized carbons (Fsp3) is 0.350. The molecule has 8 N–H and O–H groups in total. The van der Waals surface area contributed by atoms with Gasteiger partial charge < -0.3 is 51.6 Å². The van der Waals surface area contributed by atoms with Gasteiger partial charge in [0.2, 0.25) is 11.8 Å². The second-order valence-corrected chi connectivity index (χ2v) is 12.8. The third-order valence-electron chi connectivity index (χ3n) is 8.30. The van der Waals surface area contributed by atoms with Crippen molar-refractivity contribution in [2.45, 2.75) is 63.8 Å². The van der Waals surface area contributed by atoms with Crippen LogP contribution in [0.25, 0.3) is 0 Å². The molecule has 18 heteroatoms. The van der Waals surface area contributed by atoms with Gasteiger partial charge in [-0.3, -0.25) is 19.2 Å². The normalized spacial score (nSPS) is 11.4. The number of benzene rings is 3. The van der Waals surface area contributed by atoms with Gasteiger partial charge in [-0.2, -0.15) is 0 Å². The second-order valence-electron chi connectivity index (χ2n) is 12.8. The number of carbonyl (C=O) groups excluding carboxylic acids is 6. The van der Waals surface area contributed by atoms with E-state index in [9.17, 15) is 48.6 Å². The summed E-state index contributed by atoms with van der Waals surface area (Å²) in [7, 11) is 0. The number of aliphatic carboxylic acids is 2. The molecule has 0 fully saturated rings. The van der Waals surface area contributed by atoms with Gasteiger partial charge >= 0.3 is 24.1 Å². The van der Waals surface area contributed by atoms with Gasteiger partial charge in [0.15, 0.2) is 0 Å². The van der Waals surface area contributed by atoms with E-state index in [0.717, 1.165) is 11.1 Å². The van der Waals surface area contributed by atoms with Crippen molar-refractivity contribution in [1.82, 2.24) is 31.9 Å². The van der Waals surface area contributed by atoms with Gasteiger partial charge in [-0.15, -0.1) is 0 Å². The molecular weight excluding hydrogens is 756 g/mol. The van der Waals surface area contributed by atoms with Crippen LogP contribution < -0.4 is 31.9 Å². The van der Waals surface area contributed by atoms with Crippen LogP contribution >= 0.6 is 0 Å². The molecule has 3 aromatic carbocycles. The molecule has 0 aromatic heterocycles. The van der Waals surface area contributed by atoms with E-state index in [2.05, 4.69) is 31.9 Å². The summed E-state index contributed by atoms with van der Waals surface area (Å²) in [6, 6.07) is 21.1. The molecule has 3 aromatic rings. The number of unbranched alkanes of at least 4 members (excludes halogenated alkanes) is 2. The van der Waals surface area contributed by atoms with Gasteiger partial charge in [0.1, 0.15) is 25.3 Å². The van der Waals surface area contributed by atoms with Crippen LogP contribution in [0.5, 0.6) is 0 Å². The molecule has 3 rings (SSSR count). The molecule has 0 saturated heterocycles. The summed E-state index contributed by atoms with van der Waals surface area (Å²) in [5.41, 5.74) is 1.69. The summed E-state index contributed by atoms with van der Waals surface area (Å²) in [6.07, 6.45) is 0.0156. The van der Waals surface area contributed by atoms with Crippen LogP contribution in [-0.4, -0.2) is 96.2 Å². The first kappa shape index (κ1) is 45.4. The molecule has 0 radical (unpaired) electrons. The molecular formula is C40H48N6O12. The lowest BCUT2D eigenvalue weighted by Gasteiger charge is -2.15. The maximum absolute atomic E-state index is 12.7. The highest BCUT2D eigenvalue weighted by molar-refractivity contribution is 6.01. The van der Waals surface area contributed by atoms with Gasteiger partial charge in [-0.1, -0.05) is 66.7 Å². The average Bonchev–Trinajstić information content (AvgIpc) is 3.22. The topological polar surface area (TPSA) is 268 Å². The molecule has 310 valence electrons. The fourth-order valence-electron chi connectivity index (χ4n) is 5.18. The zero-order valence-corrected chi connectivity index (χ0v) is 31.7. The van der Waals surface area contributed by atoms with Crippen molar-refractivity contribution in [2.24, 2.45) is 0 Å². The number of nitrogens with one attached hydrogen (secondary N) is 6. The first-order chi connectivity index (χ1) is 27.9. The number of carboxylic acids is 2. The molecule has 0 unspecified atom stereocenters. The molecule has 0 aliphatic heterocycles. The van der Waals surface area contributed by atoms with Gasteiger partial charge in [-0.25, -0.2) is 19.2 Å². The molecule has 6 amide bonds. The van der Waals surface area contributed by atoms with Crippen molar-refractivity contribution in [1.29, 1.82) is 0 Å². The number of hydrogen-bond acceptors (Lipinski definition) is 10. The average molecular weight is 805 g/mol. The fourth-order valence-corrected chi connectivity index (χ4v) is 5.18. The first-order valence-corrected chi connectivity index (χ1v) is 18.5. The summed E-state index contributed by atoms with van der Waals surface area (Å²) >= 11 is 0. The zero-order chi connectivity index (χ0) is 42.1. The van der Waals surface area contributed by atoms with Gasteiger partial charge in [0, 0.05) is 24.2 Å². The molecule has 0 bridgehead atoms. The van der Waals surface area contributed by atoms with Crippen LogP contribution in [0.15, 0.2) is 84.9 Å². The molecule has 0 spiro atoms. The molecule has 18 nitrogen and oxygen atoms in total. The van der Waals surface area contributed by atoms with E-state index in [1.54, 1.807) is 48.5 Å². The van der Waals surface area contributed by atoms with Gasteiger partial charge in [0.25, 0.3) is 11.8 Å². The third-order valence-corrected chi connectivity index (χ3v) is 8.30. The zero-order valence-electron chi connectivity index (χ0n) is 31.7. The first-order valence-electron chi connectivity index (χ1n) is 18.5. The van der Waals surface area contributed by atoms with Crippen molar-refractivity contribution >= 4 is 47.8 Å². The Kier molecular flexibility index (Phi) is 19.8. The molecule has 0 heterocycles. The lowest BCUT2D eigenvalue weighted by molar-refractivity contribution is -0.140. The molecule has 0 saturated carbocycles. The predicted molar refractivity (Wildman–Crippen MR) is 207 cm³/mol. The van der Waals surface area contributed by atoms with E-state index in [1.807, 2.05) is 12.1 Å². The lowest BCUT2D eigenvalue weighted by Crippen LogP contribution is -2.41. The van der Waals surface area contributed by atoms with E-state index < -0.39 is 59.8 Å². The van der Waals surface area contributed by atoms with Crippen LogP contribution in [0, 0.1) is 0 Å². The number of rotatable bonds is 24. The Morgan fingerprint density at radius 3 is 1.28 bits per heavy atom. The smallest absolute Gasteiger partial charge is 0.408 e. The summed E-state index contributed by atoms with van der Waals surface area (Å²) in [6.45, 7) is -0.357. The molecule has 58 heavy (non-hydrogen) atoms. The highest BCUT2D eigenvalue weighted by Gasteiger charge is 2.22. The van der Waals surface area contributed by atoms with E-state index in [-0.39, 0.29) is 63.4 Å². The summed E-state index contributed by atoms with van der Waals surface area (Å²) in [5, 5.41) is 33.7. The number of hydrogen-bond donors (Lipinski definition) is 8. The van der Waals surface area contributed by atoms with Crippen molar-refractivity contribution in [3.8, 4) is 0 Å². The SMILES string of the molecule is O=C(CNC(=O)c1cccc(C(=O)NCC(=O)NCCCC[C@H](NC(=O)OCc2ccccc2)C(=O)O)c1)NCCCC[C@H](NC(=O)OCc1ccccc1)C(=O)O. The standard InChI is InChI=1S/C40H48N6O12/c47-33(41-20-9-7-18-31(37(51)52)45-39(55)57-25-27-12-3-1-4-13-27)23-43-35(49)29-16-11-17-30(22-29)36(50)44-24-34(48)42-21-10-8-19-32(38(53)54)46-40(56)58-26-28-14-5-2-6-15-28/h1-6,11-17,22,31-32H,7-10,18-21,23-26H2,(H,41,47)(H,42,48)(H,43,49)(H,44,50)(H,45,55)(H,46,56)(H,51,52)(H,53,54)/t31-,32-/m0/s1. The number of amides is 6. The van der Waals surface area contributed by atoms with Crippen LogP contribution in [0.4, 0.5) is 9.59 Å². The maximum atomic E-state index is 12.7. The predicted octanol–water partition coefficient (Wildman–Crippen LogP) is 2.48. The minimum Gasteiger partial charge on any atom is -0.480 e. The number of carbonyl (C=O) groups is 8. The van der Waals surface area contributed by atoms with E-state index >= 15 is 0 Å². The van der Waals surface area contributed by atoms with Crippen molar-refractivity contribution in [2.75, 3.05) is 26.2 Å². The number of ether oxygens (including phenoxy) is 2. The second kappa shape index (κ2) is 25.2. The number of carboxylic acid groups (broad SMARTS) is 2. The number of alkyl carbamates (subject to hydrolysis) is 2. The minimum atomic E-state index is -1.22. The quantitative estimate of drug-likeness (QED) is 0.0607. The van der Waals surface area contributed by atoms with Crippen LogP contribution in [0.3, 0.4) is 0 Å². The minimum absolute atomic E-state index is 0.00774. The van der Waals surface area contributed by atoms with Crippen molar-refractivity contribution in [3.05, 3.63) is 107 Å². The Morgan fingerprint density at radius 1 is 0.500 bits per heavy atom. The highest BCUT2D eigenvalue weighted by Crippen LogP contribution is 2.08. The summed E-state index contributed by atoms with van der Waals surface area (Å²) in [5.74, 6) is -4.69. The summed E-state index contributed by atoms with van der Waals surface area (Å²) in [4.78, 5) is 97.1. The largest absolute Gasteiger partial charge is 0.480 e. The third kappa shape index (κ3) is 18.1. The summed E-state index contributed by atoms with van der Waals surface area (Å²) < 4.78 is 10.1. The van der Waals surface area contributed by atoms with Crippen molar-refractivity contribution in [3.63, 3.8) is 0 Å². The van der Waals surface area contributed by atoms with E-state index in [4.69, 9.17) is 9.47 Å². The Labute approximate surface area is 334 Å². The Balaban J connectivity index is 1.27. The van der Waals surface area contributed by atoms with E-state index in [1.165, 1.54) is 24.3 Å². The monoisotopic (exact) mass is 804 g/mol. The van der Waals surface area contributed by atoms with Crippen LogP contribution in [0.2, 0.25) is 0 Å². The van der Waals surface area contributed by atoms with Gasteiger partial charge in [0.05, 0.1) is 13.1 Å². The van der Waals surface area contributed by atoms with E-state index in [0.29, 0.717) is 25.7 Å². The van der Waals surface area contributed by atoms with Crippen molar-refractivity contribution < 1.29 is 58.0 Å². The highest BCUT2D eigenvalue weighted by atomic mass is 16.6. The Hall–Kier alpha value is -6.98. The lowest BCUT2D eigenvalue weighted by atomic mass is 10.1. The van der Waals surface area contributed by atoms with Crippen LogP contribution in [-0.2, 0) is 41.9 Å².